The van der Waals surface area contributed by atoms with Crippen LogP contribution in [0.4, 0.5) is 0 Å². The van der Waals surface area contributed by atoms with Crippen molar-refractivity contribution in [1.29, 1.82) is 0 Å². The number of hydrogen-bond donors (Lipinski definition) is 0. The maximum Gasteiger partial charge on any atom is 0.0447 e. The highest BCUT2D eigenvalue weighted by Crippen LogP contribution is 2.24. The van der Waals surface area contributed by atoms with Crippen LogP contribution < -0.4 is 0 Å². The minimum atomic E-state index is 0.669. The fourth-order valence-electron chi connectivity index (χ4n) is 0.891. The smallest absolute Gasteiger partial charge is 0.0447 e. The van der Waals surface area contributed by atoms with E-state index in [0.717, 1.165) is 27.1 Å². The third-order valence-electron chi connectivity index (χ3n) is 1.49. The number of benzene rings is 1. The van der Waals surface area contributed by atoms with E-state index >= 15 is 0 Å². The molecule has 0 aliphatic carbocycles. The average Bonchev–Trinajstić information content (AvgIpc) is 2.11. The van der Waals surface area contributed by atoms with Crippen LogP contribution in [0.2, 0.25) is 10.0 Å². The normalized spacial score (nSPS) is 10.4. The number of hydrogen-bond acceptors (Lipinski definition) is 1. The van der Waals surface area contributed by atoms with Crippen molar-refractivity contribution in [2.45, 2.75) is 5.75 Å². The van der Waals surface area contributed by atoms with Gasteiger partial charge in [0, 0.05) is 27.4 Å². The Morgan fingerprint density at radius 3 is 2.69 bits per heavy atom. The molecule has 0 fully saturated rings. The van der Waals surface area contributed by atoms with Crippen LogP contribution in [0.25, 0.3) is 0 Å². The van der Waals surface area contributed by atoms with Crippen LogP contribution in [-0.4, -0.2) is 11.6 Å². The first-order valence-corrected chi connectivity index (χ1v) is 6.26. The topological polar surface area (TPSA) is 0 Å². The van der Waals surface area contributed by atoms with Gasteiger partial charge < -0.3 is 0 Å². The van der Waals surface area contributed by atoms with Gasteiger partial charge in [-0.05, 0) is 23.8 Å². The molecule has 0 amide bonds. The maximum atomic E-state index is 5.97. The molecule has 0 unspecified atom stereocenters. The van der Waals surface area contributed by atoms with E-state index in [0.29, 0.717) is 5.88 Å². The van der Waals surface area contributed by atoms with E-state index in [1.54, 1.807) is 17.8 Å². The molecule has 72 valence electrons. The molecule has 1 aromatic carbocycles. The fraction of sp³-hybridized carbons (Fsp3) is 0.333. The van der Waals surface area contributed by atoms with Gasteiger partial charge in [0.15, 0.2) is 0 Å². The lowest BCUT2D eigenvalue weighted by Gasteiger charge is -2.03. The average molecular weight is 256 g/mol. The molecule has 0 N–H and O–H groups in total. The van der Waals surface area contributed by atoms with Gasteiger partial charge in [0.2, 0.25) is 0 Å². The van der Waals surface area contributed by atoms with Crippen molar-refractivity contribution in [1.82, 2.24) is 0 Å². The Balaban J connectivity index is 2.59. The molecule has 0 nitrogen and oxygen atoms in total. The highest BCUT2D eigenvalue weighted by molar-refractivity contribution is 7.98. The minimum absolute atomic E-state index is 0.669. The first kappa shape index (κ1) is 11.5. The van der Waals surface area contributed by atoms with Crippen LogP contribution in [0.3, 0.4) is 0 Å². The zero-order chi connectivity index (χ0) is 9.68. The second kappa shape index (κ2) is 6.02. The molecule has 0 saturated carbocycles. The first-order valence-electron chi connectivity index (χ1n) is 3.81. The first-order chi connectivity index (χ1) is 6.24. The molecular weight excluding hydrogens is 247 g/mol. The highest BCUT2D eigenvalue weighted by Gasteiger charge is 2.00. The minimum Gasteiger partial charge on any atom is -0.156 e. The van der Waals surface area contributed by atoms with Gasteiger partial charge in [-0.2, -0.15) is 11.8 Å². The zero-order valence-corrected chi connectivity index (χ0v) is 9.98. The highest BCUT2D eigenvalue weighted by atomic mass is 35.5. The summed E-state index contributed by atoms with van der Waals surface area (Å²) in [5.74, 6) is 2.47. The molecule has 0 radical (unpaired) electrons. The molecule has 0 heterocycles. The van der Waals surface area contributed by atoms with Gasteiger partial charge in [-0.15, -0.1) is 11.6 Å². The van der Waals surface area contributed by atoms with Crippen LogP contribution in [0.5, 0.6) is 0 Å². The van der Waals surface area contributed by atoms with Crippen molar-refractivity contribution < 1.29 is 0 Å². The Labute approximate surface area is 97.6 Å². The monoisotopic (exact) mass is 254 g/mol. The van der Waals surface area contributed by atoms with Crippen LogP contribution in [0.15, 0.2) is 18.2 Å². The van der Waals surface area contributed by atoms with E-state index in [4.69, 9.17) is 34.8 Å². The molecule has 4 heteroatoms. The largest absolute Gasteiger partial charge is 0.156 e. The number of thioether (sulfide) groups is 1. The van der Waals surface area contributed by atoms with Crippen LogP contribution in [0.1, 0.15) is 5.56 Å². The van der Waals surface area contributed by atoms with E-state index in [1.165, 1.54) is 0 Å². The van der Waals surface area contributed by atoms with Gasteiger partial charge in [0.25, 0.3) is 0 Å². The van der Waals surface area contributed by atoms with Gasteiger partial charge in [-0.3, -0.25) is 0 Å². The Morgan fingerprint density at radius 1 is 1.23 bits per heavy atom. The lowest BCUT2D eigenvalue weighted by molar-refractivity contribution is 1.40. The SMILES string of the molecule is ClCCSCc1cc(Cl)ccc1Cl. The second-order valence-corrected chi connectivity index (χ2v) is 4.80. The van der Waals surface area contributed by atoms with Crippen LogP contribution >= 0.6 is 46.6 Å². The van der Waals surface area contributed by atoms with E-state index in [-0.39, 0.29) is 0 Å². The summed E-state index contributed by atoms with van der Waals surface area (Å²) >= 11 is 19.1. The third kappa shape index (κ3) is 3.99. The van der Waals surface area contributed by atoms with Gasteiger partial charge in [-0.25, -0.2) is 0 Å². The lowest BCUT2D eigenvalue weighted by Crippen LogP contribution is -1.85. The predicted molar refractivity (Wildman–Crippen MR) is 63.3 cm³/mol. The number of halogens is 3. The molecule has 0 aliphatic rings. The standard InChI is InChI=1S/C9H9Cl3S/c10-3-4-13-6-7-5-8(11)1-2-9(7)12/h1-2,5H,3-4,6H2. The Morgan fingerprint density at radius 2 is 2.00 bits per heavy atom. The quantitative estimate of drug-likeness (QED) is 0.565. The van der Waals surface area contributed by atoms with E-state index in [2.05, 4.69) is 0 Å². The van der Waals surface area contributed by atoms with Gasteiger partial charge in [0.1, 0.15) is 0 Å². The van der Waals surface area contributed by atoms with Gasteiger partial charge >= 0.3 is 0 Å². The van der Waals surface area contributed by atoms with Crippen molar-refractivity contribution >= 4 is 46.6 Å². The van der Waals surface area contributed by atoms with Crippen molar-refractivity contribution in [3.05, 3.63) is 33.8 Å². The molecule has 13 heavy (non-hydrogen) atoms. The molecule has 0 spiro atoms. The molecule has 0 aromatic heterocycles. The molecule has 1 aromatic rings. The van der Waals surface area contributed by atoms with Gasteiger partial charge in [0.05, 0.1) is 0 Å². The summed E-state index contributed by atoms with van der Waals surface area (Å²) in [7, 11) is 0. The van der Waals surface area contributed by atoms with E-state index in [9.17, 15) is 0 Å². The summed E-state index contributed by atoms with van der Waals surface area (Å²) in [4.78, 5) is 0. The van der Waals surface area contributed by atoms with Crippen molar-refractivity contribution in [2.75, 3.05) is 11.6 Å². The fourth-order valence-corrected chi connectivity index (χ4v) is 2.39. The Bertz CT molecular complexity index is 276. The molecular formula is C9H9Cl3S. The summed E-state index contributed by atoms with van der Waals surface area (Å²) in [6, 6.07) is 5.51. The van der Waals surface area contributed by atoms with Crippen LogP contribution in [0, 0.1) is 0 Å². The van der Waals surface area contributed by atoms with Crippen molar-refractivity contribution in [3.63, 3.8) is 0 Å². The molecule has 0 atom stereocenters. The zero-order valence-electron chi connectivity index (χ0n) is 6.90. The maximum absolute atomic E-state index is 5.97. The molecule has 0 aliphatic heterocycles. The Kier molecular flexibility index (Phi) is 5.34. The van der Waals surface area contributed by atoms with E-state index < -0.39 is 0 Å². The molecule has 1 rings (SSSR count). The number of alkyl halides is 1. The number of rotatable bonds is 4. The molecule has 0 bridgehead atoms. The van der Waals surface area contributed by atoms with Crippen LogP contribution in [-0.2, 0) is 5.75 Å². The summed E-state index contributed by atoms with van der Waals surface area (Å²) in [6.07, 6.45) is 0. The summed E-state index contributed by atoms with van der Waals surface area (Å²) in [5, 5.41) is 1.50. The summed E-state index contributed by atoms with van der Waals surface area (Å²) in [6.45, 7) is 0. The summed E-state index contributed by atoms with van der Waals surface area (Å²) < 4.78 is 0. The third-order valence-corrected chi connectivity index (χ3v) is 3.51. The van der Waals surface area contributed by atoms with Gasteiger partial charge in [-0.1, -0.05) is 23.2 Å². The Hall–Kier alpha value is 0.440. The molecule has 0 saturated heterocycles. The summed E-state index contributed by atoms with van der Waals surface area (Å²) in [5.41, 5.74) is 1.07. The predicted octanol–water partition coefficient (Wildman–Crippen LogP) is 4.47. The van der Waals surface area contributed by atoms with Crippen molar-refractivity contribution in [3.8, 4) is 0 Å². The second-order valence-electron chi connectivity index (χ2n) is 2.48. The lowest BCUT2D eigenvalue weighted by atomic mass is 10.2. The van der Waals surface area contributed by atoms with Crippen molar-refractivity contribution in [2.24, 2.45) is 0 Å². The van der Waals surface area contributed by atoms with E-state index in [1.807, 2.05) is 12.1 Å².